The molecule has 0 aromatic carbocycles. The maximum Gasteiger partial charge on any atom is 0.188 e. The van der Waals surface area contributed by atoms with Gasteiger partial charge in [-0.2, -0.15) is 5.10 Å². The second-order valence-corrected chi connectivity index (χ2v) is 4.85. The summed E-state index contributed by atoms with van der Waals surface area (Å²) < 4.78 is 15.2. The molecule has 0 radical (unpaired) electrons. The highest BCUT2D eigenvalue weighted by Gasteiger charge is 2.53. The van der Waals surface area contributed by atoms with Gasteiger partial charge in [0.25, 0.3) is 0 Å². The van der Waals surface area contributed by atoms with E-state index in [9.17, 15) is 4.39 Å². The number of aryl methyl sites for hydroxylation is 1. The second kappa shape index (κ2) is 2.97. The molecule has 4 heteroatoms. The number of aromatic nitrogens is 2. The van der Waals surface area contributed by atoms with Crippen molar-refractivity contribution in [3.63, 3.8) is 0 Å². The molecule has 2 N–H and O–H groups in total. The molecule has 3 rings (SSSR count). The van der Waals surface area contributed by atoms with E-state index in [-0.39, 0.29) is 11.6 Å². The van der Waals surface area contributed by atoms with E-state index in [0.717, 1.165) is 0 Å². The van der Waals surface area contributed by atoms with E-state index in [1.165, 1.54) is 30.4 Å². The summed E-state index contributed by atoms with van der Waals surface area (Å²) in [4.78, 5) is 0. The molecule has 1 aromatic rings. The molecule has 2 fully saturated rings. The Labute approximate surface area is 88.5 Å². The molecule has 1 aromatic heterocycles. The second-order valence-electron chi connectivity index (χ2n) is 4.85. The lowest BCUT2D eigenvalue weighted by atomic mass is 10.0. The zero-order valence-corrected chi connectivity index (χ0v) is 8.91. The minimum atomic E-state index is -0.281. The van der Waals surface area contributed by atoms with Crippen LogP contribution in [0, 0.1) is 17.7 Å². The summed E-state index contributed by atoms with van der Waals surface area (Å²) in [7, 11) is 1.70. The van der Waals surface area contributed by atoms with E-state index in [2.05, 4.69) is 5.10 Å². The van der Waals surface area contributed by atoms with Crippen LogP contribution >= 0.6 is 0 Å². The molecular weight excluding hydrogens is 193 g/mol. The largest absolute Gasteiger partial charge is 0.381 e. The van der Waals surface area contributed by atoms with Crippen molar-refractivity contribution in [1.82, 2.24) is 9.78 Å². The first kappa shape index (κ1) is 9.19. The van der Waals surface area contributed by atoms with E-state index in [0.29, 0.717) is 23.4 Å². The third-order valence-electron chi connectivity index (χ3n) is 4.03. The Bertz CT molecular complexity index is 387. The van der Waals surface area contributed by atoms with Crippen LogP contribution in [-0.4, -0.2) is 9.78 Å². The van der Waals surface area contributed by atoms with E-state index in [4.69, 9.17) is 5.73 Å². The third kappa shape index (κ3) is 1.20. The van der Waals surface area contributed by atoms with Gasteiger partial charge in [0.2, 0.25) is 0 Å². The van der Waals surface area contributed by atoms with Crippen LogP contribution in [0.2, 0.25) is 0 Å². The molecule has 3 nitrogen and oxygen atoms in total. The molecule has 2 atom stereocenters. The van der Waals surface area contributed by atoms with Gasteiger partial charge in [-0.25, -0.2) is 4.39 Å². The molecule has 15 heavy (non-hydrogen) atoms. The molecule has 2 aliphatic carbocycles. The van der Waals surface area contributed by atoms with Gasteiger partial charge in [-0.1, -0.05) is 12.8 Å². The first-order chi connectivity index (χ1) is 7.20. The summed E-state index contributed by atoms with van der Waals surface area (Å²) in [5.41, 5.74) is 6.20. The molecule has 2 aliphatic rings. The van der Waals surface area contributed by atoms with Crippen molar-refractivity contribution in [2.45, 2.75) is 31.6 Å². The normalized spacial score (nSPS) is 33.9. The lowest BCUT2D eigenvalue weighted by molar-refractivity contribution is 0.480. The van der Waals surface area contributed by atoms with Crippen molar-refractivity contribution in [2.75, 3.05) is 5.73 Å². The van der Waals surface area contributed by atoms with Crippen LogP contribution in [0.25, 0.3) is 0 Å². The average molecular weight is 209 g/mol. The summed E-state index contributed by atoms with van der Waals surface area (Å²) >= 11 is 0. The van der Waals surface area contributed by atoms with Crippen molar-refractivity contribution in [2.24, 2.45) is 18.9 Å². The fourth-order valence-electron chi connectivity index (χ4n) is 3.14. The molecule has 0 saturated heterocycles. The number of nitrogens with two attached hydrogens (primary N) is 1. The van der Waals surface area contributed by atoms with E-state index in [1.807, 2.05) is 0 Å². The standard InChI is InChI=1S/C11H16FN3/c1-15-11(13)9(12)10(14-15)8-6-4-2-3-5-7(6)8/h6-8H,2-5,13H2,1H3. The summed E-state index contributed by atoms with van der Waals surface area (Å²) in [6.45, 7) is 0. The van der Waals surface area contributed by atoms with Crippen molar-refractivity contribution in [1.29, 1.82) is 0 Å². The van der Waals surface area contributed by atoms with Gasteiger partial charge in [0.1, 0.15) is 5.69 Å². The van der Waals surface area contributed by atoms with Gasteiger partial charge < -0.3 is 5.73 Å². The predicted octanol–water partition coefficient (Wildman–Crippen LogP) is 2.04. The van der Waals surface area contributed by atoms with Crippen LogP contribution in [0.15, 0.2) is 0 Å². The van der Waals surface area contributed by atoms with Crippen molar-refractivity contribution >= 4 is 5.82 Å². The number of hydrogen-bond donors (Lipinski definition) is 1. The number of halogens is 1. The Hall–Kier alpha value is -1.06. The van der Waals surface area contributed by atoms with E-state index in [1.54, 1.807) is 7.05 Å². The summed E-state index contributed by atoms with van der Waals surface area (Å²) in [6, 6.07) is 0. The average Bonchev–Trinajstić information content (AvgIpc) is 2.92. The van der Waals surface area contributed by atoms with Crippen LogP contribution in [0.5, 0.6) is 0 Å². The number of hydrogen-bond acceptors (Lipinski definition) is 2. The van der Waals surface area contributed by atoms with Gasteiger partial charge in [-0.15, -0.1) is 0 Å². The highest BCUT2D eigenvalue weighted by molar-refractivity contribution is 5.38. The quantitative estimate of drug-likeness (QED) is 0.769. The minimum Gasteiger partial charge on any atom is -0.381 e. The molecule has 0 bridgehead atoms. The molecule has 0 aliphatic heterocycles. The minimum absolute atomic E-state index is 0.175. The first-order valence-electron chi connectivity index (χ1n) is 5.68. The van der Waals surface area contributed by atoms with Gasteiger partial charge in [-0.3, -0.25) is 4.68 Å². The monoisotopic (exact) mass is 209 g/mol. The maximum absolute atomic E-state index is 13.7. The van der Waals surface area contributed by atoms with Gasteiger partial charge in [-0.05, 0) is 24.7 Å². The molecule has 2 saturated carbocycles. The van der Waals surface area contributed by atoms with Crippen LogP contribution in [-0.2, 0) is 7.05 Å². The molecule has 2 unspecified atom stereocenters. The Kier molecular flexibility index (Phi) is 1.82. The molecular formula is C11H16FN3. The van der Waals surface area contributed by atoms with Crippen molar-refractivity contribution < 1.29 is 4.39 Å². The van der Waals surface area contributed by atoms with Gasteiger partial charge in [0.05, 0.1) is 0 Å². The zero-order valence-electron chi connectivity index (χ0n) is 8.91. The van der Waals surface area contributed by atoms with Crippen molar-refractivity contribution in [3.8, 4) is 0 Å². The summed E-state index contributed by atoms with van der Waals surface area (Å²) in [6.07, 6.45) is 5.07. The predicted molar refractivity (Wildman–Crippen MR) is 55.8 cm³/mol. The van der Waals surface area contributed by atoms with E-state index < -0.39 is 0 Å². The first-order valence-corrected chi connectivity index (χ1v) is 5.68. The molecule has 82 valence electrons. The fraction of sp³-hybridized carbons (Fsp3) is 0.727. The lowest BCUT2D eigenvalue weighted by Gasteiger charge is -2.04. The van der Waals surface area contributed by atoms with Gasteiger partial charge in [0.15, 0.2) is 11.6 Å². The van der Waals surface area contributed by atoms with Crippen LogP contribution in [0.3, 0.4) is 0 Å². The SMILES string of the molecule is Cn1nc(C2C3CCCCC32)c(F)c1N. The Morgan fingerprint density at radius 1 is 1.33 bits per heavy atom. The Morgan fingerprint density at radius 2 is 1.93 bits per heavy atom. The van der Waals surface area contributed by atoms with Crippen LogP contribution < -0.4 is 5.73 Å². The Balaban J connectivity index is 1.91. The number of nitrogens with zero attached hydrogens (tertiary/aromatic N) is 2. The molecule has 0 amide bonds. The topological polar surface area (TPSA) is 43.8 Å². The highest BCUT2D eigenvalue weighted by atomic mass is 19.1. The van der Waals surface area contributed by atoms with E-state index >= 15 is 0 Å². The van der Waals surface area contributed by atoms with Crippen LogP contribution in [0.4, 0.5) is 10.2 Å². The van der Waals surface area contributed by atoms with Crippen molar-refractivity contribution in [3.05, 3.63) is 11.5 Å². The molecule has 1 heterocycles. The maximum atomic E-state index is 13.7. The van der Waals surface area contributed by atoms with Crippen LogP contribution in [0.1, 0.15) is 37.3 Å². The smallest absolute Gasteiger partial charge is 0.188 e. The number of anilines is 1. The third-order valence-corrected chi connectivity index (χ3v) is 4.03. The highest BCUT2D eigenvalue weighted by Crippen LogP contribution is 2.61. The number of fused-ring (bicyclic) bond motifs is 1. The zero-order chi connectivity index (χ0) is 10.6. The number of rotatable bonds is 1. The fourth-order valence-corrected chi connectivity index (χ4v) is 3.14. The lowest BCUT2D eigenvalue weighted by Crippen LogP contribution is -1.97. The summed E-state index contributed by atoms with van der Waals surface area (Å²) in [5.74, 6) is 1.62. The summed E-state index contributed by atoms with van der Waals surface area (Å²) in [5, 5.41) is 4.21. The van der Waals surface area contributed by atoms with Gasteiger partial charge >= 0.3 is 0 Å². The molecule has 0 spiro atoms. The number of nitrogen functional groups attached to an aromatic ring is 1. The Morgan fingerprint density at radius 3 is 2.40 bits per heavy atom. The van der Waals surface area contributed by atoms with Gasteiger partial charge in [0, 0.05) is 13.0 Å².